The number of hydrogen-bond acceptors (Lipinski definition) is 5. The van der Waals surface area contributed by atoms with E-state index in [1.807, 2.05) is 22.2 Å². The number of carbonyl (C=O) groups excluding carboxylic acids is 1. The molecule has 3 heterocycles. The van der Waals surface area contributed by atoms with Crippen molar-refractivity contribution in [2.75, 3.05) is 18.1 Å². The van der Waals surface area contributed by atoms with Gasteiger partial charge in [-0.15, -0.1) is 11.3 Å². The van der Waals surface area contributed by atoms with Gasteiger partial charge in [0, 0.05) is 33.9 Å². The Morgan fingerprint density at radius 3 is 2.59 bits per heavy atom. The highest BCUT2D eigenvalue weighted by Crippen LogP contribution is 2.45. The molecule has 4 rings (SSSR count). The van der Waals surface area contributed by atoms with Crippen LogP contribution in [0.4, 0.5) is 5.69 Å². The number of hydrogen-bond donors (Lipinski definition) is 1. The summed E-state index contributed by atoms with van der Waals surface area (Å²) >= 11 is 21.3. The van der Waals surface area contributed by atoms with Crippen LogP contribution in [0.3, 0.4) is 0 Å². The average Bonchev–Trinajstić information content (AvgIpc) is 3.25. The standard InChI is InChI=1S/C19H18Br2Cl2N4OS/c20-12-9-17(21)29-18(12)16-10-14(19(28)25-26-6-2-1-3-7-26)24-27(16)15-5-4-11(22)8-13(15)23/h4-5,8-9,16H,1-3,6-7,10H2,(H,25,28). The molecule has 1 atom stereocenters. The summed E-state index contributed by atoms with van der Waals surface area (Å²) in [6.07, 6.45) is 3.89. The van der Waals surface area contributed by atoms with Crippen LogP contribution in [0.5, 0.6) is 0 Å². The Bertz CT molecular complexity index is 962. The minimum atomic E-state index is -0.156. The molecule has 1 aromatic carbocycles. The molecule has 1 saturated heterocycles. The quantitative estimate of drug-likeness (QED) is 0.455. The van der Waals surface area contributed by atoms with E-state index in [4.69, 9.17) is 23.2 Å². The van der Waals surface area contributed by atoms with Crippen LogP contribution in [-0.4, -0.2) is 29.7 Å². The number of nitrogens with zero attached hydrogens (tertiary/aromatic N) is 3. The fourth-order valence-corrected chi connectivity index (χ4v) is 6.84. The van der Waals surface area contributed by atoms with Crippen LogP contribution in [0.1, 0.15) is 36.6 Å². The lowest BCUT2D eigenvalue weighted by atomic mass is 10.1. The second-order valence-electron chi connectivity index (χ2n) is 6.96. The molecular formula is C19H18Br2Cl2N4OS. The van der Waals surface area contributed by atoms with Gasteiger partial charge in [0.15, 0.2) is 0 Å². The van der Waals surface area contributed by atoms with Gasteiger partial charge in [-0.25, -0.2) is 5.01 Å². The number of halogens is 4. The summed E-state index contributed by atoms with van der Waals surface area (Å²) < 4.78 is 1.98. The third kappa shape index (κ3) is 4.83. The fourth-order valence-electron chi connectivity index (χ4n) is 3.54. The third-order valence-electron chi connectivity index (χ3n) is 4.93. The molecule has 0 aliphatic carbocycles. The SMILES string of the molecule is O=C(NN1CCCCC1)C1=NN(c2ccc(Cl)cc2Cl)C(c2sc(Br)cc2Br)C1. The van der Waals surface area contributed by atoms with E-state index in [9.17, 15) is 4.79 Å². The molecule has 2 aliphatic rings. The highest BCUT2D eigenvalue weighted by Gasteiger charge is 2.36. The maximum Gasteiger partial charge on any atom is 0.281 e. The molecule has 2 aromatic rings. The normalized spacial score (nSPS) is 20.1. The van der Waals surface area contributed by atoms with Crippen LogP contribution in [0.15, 0.2) is 37.6 Å². The number of nitrogens with one attached hydrogen (secondary N) is 1. The Kier molecular flexibility index (Phi) is 6.88. The number of thiophene rings is 1. The average molecular weight is 581 g/mol. The first kappa shape index (κ1) is 21.6. The Labute approximate surface area is 200 Å². The van der Waals surface area contributed by atoms with Crippen molar-refractivity contribution in [2.45, 2.75) is 31.7 Å². The molecular weight excluding hydrogens is 563 g/mol. The van der Waals surface area contributed by atoms with E-state index in [2.05, 4.69) is 42.4 Å². The number of hydrazone groups is 1. The lowest BCUT2D eigenvalue weighted by Gasteiger charge is -2.26. The van der Waals surface area contributed by atoms with Gasteiger partial charge >= 0.3 is 0 Å². The number of amides is 1. The summed E-state index contributed by atoms with van der Waals surface area (Å²) in [7, 11) is 0. The van der Waals surface area contributed by atoms with Gasteiger partial charge in [-0.2, -0.15) is 5.10 Å². The van der Waals surface area contributed by atoms with Gasteiger partial charge in [0.25, 0.3) is 5.91 Å². The Balaban J connectivity index is 1.64. The summed E-state index contributed by atoms with van der Waals surface area (Å²) in [5.41, 5.74) is 4.22. The van der Waals surface area contributed by atoms with Gasteiger partial charge in [0.2, 0.25) is 0 Å². The van der Waals surface area contributed by atoms with Gasteiger partial charge in [-0.05, 0) is 69.0 Å². The van der Waals surface area contributed by atoms with Gasteiger partial charge in [-0.3, -0.25) is 15.2 Å². The number of carbonyl (C=O) groups is 1. The second kappa shape index (κ2) is 9.24. The number of hydrazine groups is 1. The molecule has 154 valence electrons. The first-order chi connectivity index (χ1) is 13.9. The van der Waals surface area contributed by atoms with Crippen LogP contribution in [0.2, 0.25) is 10.0 Å². The minimum Gasteiger partial charge on any atom is -0.284 e. The molecule has 2 aliphatic heterocycles. The zero-order chi connectivity index (χ0) is 20.5. The summed E-state index contributed by atoms with van der Waals surface area (Å²) in [6, 6.07) is 7.18. The minimum absolute atomic E-state index is 0.138. The van der Waals surface area contributed by atoms with E-state index in [0.29, 0.717) is 22.2 Å². The van der Waals surface area contributed by atoms with E-state index in [1.165, 1.54) is 6.42 Å². The van der Waals surface area contributed by atoms with Crippen LogP contribution in [0, 0.1) is 0 Å². The van der Waals surface area contributed by atoms with Gasteiger partial charge in [0.05, 0.1) is 20.5 Å². The Morgan fingerprint density at radius 2 is 1.93 bits per heavy atom. The predicted molar refractivity (Wildman–Crippen MR) is 127 cm³/mol. The van der Waals surface area contributed by atoms with Crippen molar-refractivity contribution in [3.63, 3.8) is 0 Å². The van der Waals surface area contributed by atoms with E-state index in [1.54, 1.807) is 23.5 Å². The molecule has 10 heteroatoms. The van der Waals surface area contributed by atoms with Crippen molar-refractivity contribution in [3.8, 4) is 0 Å². The van der Waals surface area contributed by atoms with Crippen LogP contribution in [-0.2, 0) is 4.79 Å². The van der Waals surface area contributed by atoms with E-state index >= 15 is 0 Å². The molecule has 0 radical (unpaired) electrons. The molecule has 1 fully saturated rings. The van der Waals surface area contributed by atoms with Gasteiger partial charge in [0.1, 0.15) is 5.71 Å². The van der Waals surface area contributed by atoms with Gasteiger partial charge in [-0.1, -0.05) is 29.6 Å². The lowest BCUT2D eigenvalue weighted by molar-refractivity contribution is -0.119. The largest absolute Gasteiger partial charge is 0.284 e. The zero-order valence-electron chi connectivity index (χ0n) is 15.3. The third-order valence-corrected chi connectivity index (χ3v) is 8.13. The molecule has 29 heavy (non-hydrogen) atoms. The molecule has 1 N–H and O–H groups in total. The Morgan fingerprint density at radius 1 is 1.17 bits per heavy atom. The van der Waals surface area contributed by atoms with Crippen molar-refractivity contribution >= 4 is 83.7 Å². The van der Waals surface area contributed by atoms with Crippen LogP contribution >= 0.6 is 66.4 Å². The second-order valence-corrected chi connectivity index (χ2v) is 11.1. The molecule has 0 bridgehead atoms. The van der Waals surface area contributed by atoms with Crippen molar-refractivity contribution in [1.82, 2.24) is 10.4 Å². The predicted octanol–water partition coefficient (Wildman–Crippen LogP) is 6.40. The first-order valence-electron chi connectivity index (χ1n) is 9.25. The number of benzene rings is 1. The summed E-state index contributed by atoms with van der Waals surface area (Å²) in [5, 5.41) is 9.54. The topological polar surface area (TPSA) is 47.9 Å². The maximum atomic E-state index is 12.9. The van der Waals surface area contributed by atoms with Crippen LogP contribution < -0.4 is 10.4 Å². The molecule has 0 spiro atoms. The highest BCUT2D eigenvalue weighted by molar-refractivity contribution is 9.11. The fraction of sp³-hybridized carbons (Fsp3) is 0.368. The van der Waals surface area contributed by atoms with Crippen molar-refractivity contribution in [1.29, 1.82) is 0 Å². The molecule has 1 unspecified atom stereocenters. The molecule has 1 amide bonds. The lowest BCUT2D eigenvalue weighted by Crippen LogP contribution is -2.47. The van der Waals surface area contributed by atoms with E-state index in [-0.39, 0.29) is 11.9 Å². The number of rotatable bonds is 4. The summed E-state index contributed by atoms with van der Waals surface area (Å²) in [5.74, 6) is -0.156. The highest BCUT2D eigenvalue weighted by atomic mass is 79.9. The summed E-state index contributed by atoms with van der Waals surface area (Å²) in [4.78, 5) is 14.0. The van der Waals surface area contributed by atoms with E-state index < -0.39 is 0 Å². The van der Waals surface area contributed by atoms with Crippen molar-refractivity contribution in [2.24, 2.45) is 5.10 Å². The Hall–Kier alpha value is -0.640. The van der Waals surface area contributed by atoms with Crippen molar-refractivity contribution < 1.29 is 4.79 Å². The maximum absolute atomic E-state index is 12.9. The van der Waals surface area contributed by atoms with E-state index in [0.717, 1.165) is 44.8 Å². The van der Waals surface area contributed by atoms with Crippen LogP contribution in [0.25, 0.3) is 0 Å². The monoisotopic (exact) mass is 578 g/mol. The first-order valence-corrected chi connectivity index (χ1v) is 12.4. The molecule has 5 nitrogen and oxygen atoms in total. The number of anilines is 1. The molecule has 0 saturated carbocycles. The van der Waals surface area contributed by atoms with Crippen molar-refractivity contribution in [3.05, 3.63) is 47.4 Å². The summed E-state index contributed by atoms with van der Waals surface area (Å²) in [6.45, 7) is 1.75. The molecule has 1 aromatic heterocycles. The smallest absolute Gasteiger partial charge is 0.281 e. The van der Waals surface area contributed by atoms with Gasteiger partial charge < -0.3 is 0 Å². The number of piperidine rings is 1. The zero-order valence-corrected chi connectivity index (χ0v) is 20.8.